The molecule has 0 aliphatic carbocycles. The number of aromatic nitrogens is 5. The number of nitrogens with zero attached hydrogens (tertiary/aromatic N) is 4. The highest BCUT2D eigenvalue weighted by Gasteiger charge is 2.15. The number of aromatic amines is 1. The van der Waals surface area contributed by atoms with Crippen molar-refractivity contribution in [3.63, 3.8) is 0 Å². The molecule has 0 aliphatic rings. The normalized spacial score (nSPS) is 12.6. The second-order valence-electron chi connectivity index (χ2n) is 6.79. The van der Waals surface area contributed by atoms with Crippen molar-refractivity contribution in [3.05, 3.63) is 76.1 Å². The fraction of sp³-hybridized carbons (Fsp3) is 0.250. The van der Waals surface area contributed by atoms with Crippen LogP contribution in [0.2, 0.25) is 0 Å². The summed E-state index contributed by atoms with van der Waals surface area (Å²) in [5, 5.41) is 7.34. The topological polar surface area (TPSA) is 68.0 Å². The van der Waals surface area contributed by atoms with Gasteiger partial charge >= 0.3 is 0 Å². The number of aryl methyl sites for hydroxylation is 2. The van der Waals surface area contributed by atoms with E-state index < -0.39 is 0 Å². The summed E-state index contributed by atoms with van der Waals surface area (Å²) in [6.07, 6.45) is 3.62. The summed E-state index contributed by atoms with van der Waals surface area (Å²) in [5.74, 6) is 0.0760. The predicted octanol–water partition coefficient (Wildman–Crippen LogP) is 3.31. The van der Waals surface area contributed by atoms with E-state index in [4.69, 9.17) is 4.98 Å². The maximum atomic E-state index is 12.5. The Kier molecular flexibility index (Phi) is 3.95. The zero-order valence-electron chi connectivity index (χ0n) is 15.1. The monoisotopic (exact) mass is 347 g/mol. The van der Waals surface area contributed by atoms with Crippen molar-refractivity contribution >= 4 is 5.65 Å². The van der Waals surface area contributed by atoms with E-state index in [1.54, 1.807) is 12.3 Å². The van der Waals surface area contributed by atoms with Gasteiger partial charge in [-0.2, -0.15) is 5.10 Å². The molecule has 1 N–H and O–H groups in total. The van der Waals surface area contributed by atoms with Crippen LogP contribution in [-0.2, 0) is 6.54 Å². The molecule has 0 bridgehead atoms. The molecule has 6 heteroatoms. The van der Waals surface area contributed by atoms with E-state index in [2.05, 4.69) is 36.2 Å². The molecular weight excluding hydrogens is 326 g/mol. The maximum Gasteiger partial charge on any atom is 0.272 e. The van der Waals surface area contributed by atoms with E-state index in [1.807, 2.05) is 36.0 Å². The molecule has 26 heavy (non-hydrogen) atoms. The van der Waals surface area contributed by atoms with Crippen molar-refractivity contribution in [3.8, 4) is 11.1 Å². The first-order valence-electron chi connectivity index (χ1n) is 8.69. The number of fused-ring (bicyclic) bond motifs is 1. The second kappa shape index (κ2) is 6.29. The molecule has 3 heterocycles. The minimum atomic E-state index is -0.104. The Hall–Kier alpha value is -3.15. The molecule has 6 nitrogen and oxygen atoms in total. The molecule has 1 atom stereocenters. The van der Waals surface area contributed by atoms with Gasteiger partial charge in [0.15, 0.2) is 5.65 Å². The smallest absolute Gasteiger partial charge is 0.272 e. The number of H-pyrrole nitrogens is 1. The van der Waals surface area contributed by atoms with Crippen molar-refractivity contribution in [2.24, 2.45) is 0 Å². The van der Waals surface area contributed by atoms with Crippen molar-refractivity contribution in [1.82, 2.24) is 24.4 Å². The summed E-state index contributed by atoms with van der Waals surface area (Å²) in [6, 6.07) is 11.8. The first kappa shape index (κ1) is 16.3. The average molecular weight is 347 g/mol. The Morgan fingerprint density at radius 3 is 2.62 bits per heavy atom. The van der Waals surface area contributed by atoms with Crippen LogP contribution >= 0.6 is 0 Å². The van der Waals surface area contributed by atoms with Gasteiger partial charge in [0.25, 0.3) is 5.56 Å². The highest BCUT2D eigenvalue weighted by molar-refractivity contribution is 5.77. The SMILES string of the molecule is Cc1ccc(-c2c[nH]n3c(=O)cc([C@@H](C)Cn4nccc4C)nc23)cc1. The standard InChI is InChI=1S/C20H21N5O/c1-13-4-6-16(7-5-13)17-11-22-25-19(26)10-18(23-20(17)25)14(2)12-24-15(3)8-9-21-24/h4-11,14,22H,12H2,1-3H3/t14-/m0/s1. The molecule has 0 saturated heterocycles. The molecule has 0 amide bonds. The molecule has 0 aliphatic heterocycles. The zero-order valence-corrected chi connectivity index (χ0v) is 15.1. The molecule has 4 aromatic rings. The third-order valence-corrected chi connectivity index (χ3v) is 4.76. The largest absolute Gasteiger partial charge is 0.296 e. The summed E-state index contributed by atoms with van der Waals surface area (Å²) in [6.45, 7) is 6.83. The fourth-order valence-corrected chi connectivity index (χ4v) is 3.14. The lowest BCUT2D eigenvalue weighted by atomic mass is 10.1. The van der Waals surface area contributed by atoms with Gasteiger partial charge in [-0.05, 0) is 25.5 Å². The van der Waals surface area contributed by atoms with Crippen LogP contribution in [0, 0.1) is 13.8 Å². The highest BCUT2D eigenvalue weighted by Crippen LogP contribution is 2.24. The van der Waals surface area contributed by atoms with Crippen LogP contribution in [0.15, 0.2) is 53.6 Å². The van der Waals surface area contributed by atoms with Crippen LogP contribution in [-0.4, -0.2) is 24.4 Å². The van der Waals surface area contributed by atoms with Crippen LogP contribution in [0.5, 0.6) is 0 Å². The first-order valence-corrected chi connectivity index (χ1v) is 8.69. The number of nitrogens with one attached hydrogen (secondary N) is 1. The summed E-state index contributed by atoms with van der Waals surface area (Å²) in [5.41, 5.74) is 5.57. The fourth-order valence-electron chi connectivity index (χ4n) is 3.14. The predicted molar refractivity (Wildman–Crippen MR) is 101 cm³/mol. The molecule has 4 rings (SSSR count). The summed E-state index contributed by atoms with van der Waals surface area (Å²) in [4.78, 5) is 17.3. The molecule has 1 aromatic carbocycles. The summed E-state index contributed by atoms with van der Waals surface area (Å²) < 4.78 is 3.43. The minimum absolute atomic E-state index is 0.0760. The zero-order chi connectivity index (χ0) is 18.3. The third-order valence-electron chi connectivity index (χ3n) is 4.76. The van der Waals surface area contributed by atoms with Crippen molar-refractivity contribution in [2.45, 2.75) is 33.2 Å². The van der Waals surface area contributed by atoms with Gasteiger partial charge in [0.05, 0.1) is 5.69 Å². The van der Waals surface area contributed by atoms with E-state index in [0.717, 1.165) is 22.5 Å². The lowest BCUT2D eigenvalue weighted by Crippen LogP contribution is -2.18. The van der Waals surface area contributed by atoms with Gasteiger partial charge in [0, 0.05) is 42.2 Å². The van der Waals surface area contributed by atoms with Gasteiger partial charge in [-0.15, -0.1) is 0 Å². The molecule has 0 saturated carbocycles. The summed E-state index contributed by atoms with van der Waals surface area (Å²) in [7, 11) is 0. The number of rotatable bonds is 4. The average Bonchev–Trinajstić information content (AvgIpc) is 3.22. The van der Waals surface area contributed by atoms with Crippen molar-refractivity contribution in [2.75, 3.05) is 0 Å². The van der Waals surface area contributed by atoms with E-state index in [0.29, 0.717) is 12.2 Å². The molecule has 0 fully saturated rings. The minimum Gasteiger partial charge on any atom is -0.296 e. The van der Waals surface area contributed by atoms with Crippen molar-refractivity contribution in [1.29, 1.82) is 0 Å². The van der Waals surface area contributed by atoms with Gasteiger partial charge in [-0.1, -0.05) is 36.8 Å². The van der Waals surface area contributed by atoms with Gasteiger partial charge in [0.1, 0.15) is 0 Å². The molecule has 132 valence electrons. The Morgan fingerprint density at radius 2 is 1.92 bits per heavy atom. The van der Waals surface area contributed by atoms with Gasteiger partial charge in [-0.3, -0.25) is 14.6 Å². The number of hydrogen-bond acceptors (Lipinski definition) is 3. The second-order valence-corrected chi connectivity index (χ2v) is 6.79. The van der Waals surface area contributed by atoms with Crippen LogP contribution < -0.4 is 5.56 Å². The Balaban J connectivity index is 1.77. The first-order chi connectivity index (χ1) is 12.5. The molecular formula is C20H21N5O. The quantitative estimate of drug-likeness (QED) is 0.616. The van der Waals surface area contributed by atoms with Crippen LogP contribution in [0.3, 0.4) is 0 Å². The molecule has 3 aromatic heterocycles. The summed E-state index contributed by atoms with van der Waals surface area (Å²) >= 11 is 0. The van der Waals surface area contributed by atoms with Gasteiger partial charge in [-0.25, -0.2) is 9.50 Å². The number of benzene rings is 1. The molecule has 0 unspecified atom stereocenters. The van der Waals surface area contributed by atoms with E-state index in [-0.39, 0.29) is 11.5 Å². The lowest BCUT2D eigenvalue weighted by molar-refractivity contribution is 0.523. The molecule has 0 spiro atoms. The maximum absolute atomic E-state index is 12.5. The van der Waals surface area contributed by atoms with E-state index in [9.17, 15) is 4.79 Å². The van der Waals surface area contributed by atoms with Crippen molar-refractivity contribution < 1.29 is 0 Å². The van der Waals surface area contributed by atoms with Gasteiger partial charge in [0.2, 0.25) is 0 Å². The highest BCUT2D eigenvalue weighted by atomic mass is 16.1. The lowest BCUT2D eigenvalue weighted by Gasteiger charge is -2.13. The van der Waals surface area contributed by atoms with Gasteiger partial charge < -0.3 is 0 Å². The van der Waals surface area contributed by atoms with Crippen LogP contribution in [0.4, 0.5) is 0 Å². The Labute approximate surface area is 151 Å². The van der Waals surface area contributed by atoms with E-state index >= 15 is 0 Å². The third kappa shape index (κ3) is 2.83. The Bertz CT molecular complexity index is 1120. The van der Waals surface area contributed by atoms with Crippen LogP contribution in [0.25, 0.3) is 16.8 Å². The molecule has 0 radical (unpaired) electrons. The van der Waals surface area contributed by atoms with Crippen LogP contribution in [0.1, 0.15) is 29.8 Å². The Morgan fingerprint density at radius 1 is 1.15 bits per heavy atom. The number of hydrogen-bond donors (Lipinski definition) is 1. The van der Waals surface area contributed by atoms with E-state index in [1.165, 1.54) is 10.1 Å².